The molecule has 8 heteroatoms. The molecular weight excluding hydrogens is 320 g/mol. The highest BCUT2D eigenvalue weighted by atomic mass is 16.5. The van der Waals surface area contributed by atoms with Crippen LogP contribution in [0.1, 0.15) is 31.8 Å². The van der Waals surface area contributed by atoms with Crippen molar-refractivity contribution in [3.8, 4) is 0 Å². The Morgan fingerprint density at radius 2 is 1.25 bits per heavy atom. The molecule has 0 fully saturated rings. The maximum atomic E-state index is 11.5. The Morgan fingerprint density at radius 1 is 0.792 bits per heavy atom. The van der Waals surface area contributed by atoms with Gasteiger partial charge in [0.05, 0.1) is 50.8 Å². The lowest BCUT2D eigenvalue weighted by Crippen LogP contribution is -2.15. The summed E-state index contributed by atoms with van der Waals surface area (Å²) < 4.78 is 10.2. The number of ether oxygens (including phenoxy) is 2. The topological polar surface area (TPSA) is 134 Å². The lowest BCUT2D eigenvalue weighted by Gasteiger charge is -2.13. The van der Waals surface area contributed by atoms with Crippen LogP contribution in [0.25, 0.3) is 0 Å². The summed E-state index contributed by atoms with van der Waals surface area (Å²) in [4.78, 5) is 23.0. The molecule has 8 nitrogen and oxygen atoms in total. The molecule has 0 amide bonds. The Balaban J connectivity index is 3.02. The predicted octanol–water partition coefficient (Wildman–Crippen LogP) is 0.186. The first-order valence-corrected chi connectivity index (χ1v) is 7.50. The van der Waals surface area contributed by atoms with Crippen molar-refractivity contribution in [1.82, 2.24) is 0 Å². The van der Waals surface area contributed by atoms with Crippen LogP contribution in [-0.4, -0.2) is 72.0 Å². The van der Waals surface area contributed by atoms with Crippen LogP contribution in [0.15, 0.2) is 12.1 Å². The molecule has 0 atom stereocenters. The Morgan fingerprint density at radius 3 is 1.67 bits per heavy atom. The summed E-state index contributed by atoms with van der Waals surface area (Å²) in [7, 11) is 0. The Kier molecular flexibility index (Phi) is 8.95. The number of carboxylic acids is 2. The van der Waals surface area contributed by atoms with Gasteiger partial charge in [-0.05, 0) is 36.1 Å². The van der Waals surface area contributed by atoms with Crippen molar-refractivity contribution < 1.29 is 39.5 Å². The van der Waals surface area contributed by atoms with E-state index in [1.807, 2.05) is 0 Å². The van der Waals surface area contributed by atoms with E-state index in [9.17, 15) is 19.8 Å². The number of aromatic carboxylic acids is 2. The first-order chi connectivity index (χ1) is 11.5. The normalized spacial score (nSPS) is 10.8. The molecule has 0 saturated heterocycles. The molecule has 0 radical (unpaired) electrons. The highest BCUT2D eigenvalue weighted by Gasteiger charge is 2.20. The van der Waals surface area contributed by atoms with Gasteiger partial charge in [-0.1, -0.05) is 0 Å². The lowest BCUT2D eigenvalue weighted by molar-refractivity contribution is 0.0689. The summed E-state index contributed by atoms with van der Waals surface area (Å²) in [6, 6.07) is 2.86. The molecule has 24 heavy (non-hydrogen) atoms. The molecule has 0 unspecified atom stereocenters. The molecule has 4 N–H and O–H groups in total. The molecule has 0 aliphatic heterocycles. The fourth-order valence-corrected chi connectivity index (χ4v) is 2.22. The summed E-state index contributed by atoms with van der Waals surface area (Å²) in [5, 5.41) is 36.1. The van der Waals surface area contributed by atoms with Gasteiger partial charge in [-0.25, -0.2) is 9.59 Å². The standard InChI is InChI=1S/C16H22O8/c17-3-7-23-5-1-11-9-13(15(19)20)12(2-6-24-8-4-18)14(10-11)16(21)22/h9-10,17-18H,1-8H2,(H,19,20)(H,21,22). The van der Waals surface area contributed by atoms with Gasteiger partial charge in [0, 0.05) is 0 Å². The van der Waals surface area contributed by atoms with Gasteiger partial charge in [-0.3, -0.25) is 0 Å². The molecule has 0 aromatic heterocycles. The Labute approximate surface area is 139 Å². The summed E-state index contributed by atoms with van der Waals surface area (Å²) in [6.07, 6.45) is 0.451. The largest absolute Gasteiger partial charge is 0.478 e. The van der Waals surface area contributed by atoms with E-state index in [2.05, 4.69) is 0 Å². The van der Waals surface area contributed by atoms with Crippen molar-refractivity contribution in [3.05, 3.63) is 34.4 Å². The zero-order valence-electron chi connectivity index (χ0n) is 13.2. The van der Waals surface area contributed by atoms with Gasteiger partial charge in [-0.2, -0.15) is 0 Å². The smallest absolute Gasteiger partial charge is 0.335 e. The number of aliphatic hydroxyl groups is 2. The maximum Gasteiger partial charge on any atom is 0.335 e. The third-order valence-electron chi connectivity index (χ3n) is 3.27. The molecular formula is C16H22O8. The van der Waals surface area contributed by atoms with Crippen LogP contribution in [-0.2, 0) is 22.3 Å². The van der Waals surface area contributed by atoms with Gasteiger partial charge in [0.1, 0.15) is 0 Å². The third-order valence-corrected chi connectivity index (χ3v) is 3.27. The molecule has 0 heterocycles. The molecule has 1 aromatic rings. The van der Waals surface area contributed by atoms with E-state index in [0.29, 0.717) is 12.0 Å². The average Bonchev–Trinajstić information content (AvgIpc) is 2.55. The maximum absolute atomic E-state index is 11.5. The van der Waals surface area contributed by atoms with Crippen LogP contribution < -0.4 is 0 Å². The van der Waals surface area contributed by atoms with Crippen LogP contribution in [0.5, 0.6) is 0 Å². The van der Waals surface area contributed by atoms with E-state index in [0.717, 1.165) is 0 Å². The van der Waals surface area contributed by atoms with E-state index >= 15 is 0 Å². The fraction of sp³-hybridized carbons (Fsp3) is 0.500. The molecule has 0 bridgehead atoms. The summed E-state index contributed by atoms with van der Waals surface area (Å²) in [5.41, 5.74) is 0.551. The third kappa shape index (κ3) is 6.25. The molecule has 1 aromatic carbocycles. The van der Waals surface area contributed by atoms with Crippen molar-refractivity contribution in [2.45, 2.75) is 12.8 Å². The highest BCUT2D eigenvalue weighted by molar-refractivity contribution is 5.97. The van der Waals surface area contributed by atoms with Crippen LogP contribution in [0.2, 0.25) is 0 Å². The van der Waals surface area contributed by atoms with Gasteiger partial charge in [0.25, 0.3) is 0 Å². The average molecular weight is 342 g/mol. The SMILES string of the molecule is O=C(O)c1cc(CCOCCO)cc(C(=O)O)c1CCOCCO. The van der Waals surface area contributed by atoms with Gasteiger partial charge in [-0.15, -0.1) is 0 Å². The second-order valence-corrected chi connectivity index (χ2v) is 4.95. The quantitative estimate of drug-likeness (QED) is 0.396. The highest BCUT2D eigenvalue weighted by Crippen LogP contribution is 2.20. The number of carbonyl (C=O) groups is 2. The van der Waals surface area contributed by atoms with Crippen LogP contribution >= 0.6 is 0 Å². The number of carboxylic acid groups (broad SMARTS) is 2. The van der Waals surface area contributed by atoms with Crippen molar-refractivity contribution in [2.75, 3.05) is 39.6 Å². The van der Waals surface area contributed by atoms with E-state index < -0.39 is 11.9 Å². The number of rotatable bonds is 12. The van der Waals surface area contributed by atoms with Gasteiger partial charge >= 0.3 is 11.9 Å². The van der Waals surface area contributed by atoms with E-state index in [-0.39, 0.29) is 62.8 Å². The molecule has 134 valence electrons. The molecule has 1 rings (SSSR count). The van der Waals surface area contributed by atoms with Gasteiger partial charge in [0.2, 0.25) is 0 Å². The van der Waals surface area contributed by atoms with Crippen molar-refractivity contribution >= 4 is 11.9 Å². The first kappa shape index (κ1) is 20.0. The van der Waals surface area contributed by atoms with Crippen LogP contribution in [0.4, 0.5) is 0 Å². The Bertz CT molecular complexity index is 520. The summed E-state index contributed by atoms with van der Waals surface area (Å²) in [5.74, 6) is -2.43. The number of hydrogen-bond acceptors (Lipinski definition) is 6. The second-order valence-electron chi connectivity index (χ2n) is 4.95. The monoisotopic (exact) mass is 342 g/mol. The van der Waals surface area contributed by atoms with Gasteiger partial charge in [0.15, 0.2) is 0 Å². The van der Waals surface area contributed by atoms with Crippen LogP contribution in [0.3, 0.4) is 0 Å². The zero-order valence-corrected chi connectivity index (χ0v) is 13.2. The summed E-state index contributed by atoms with van der Waals surface area (Å²) >= 11 is 0. The Hall–Kier alpha value is -2.00. The molecule has 0 aliphatic carbocycles. The van der Waals surface area contributed by atoms with E-state index in [1.54, 1.807) is 0 Å². The zero-order chi connectivity index (χ0) is 17.9. The number of benzene rings is 1. The van der Waals surface area contributed by atoms with Crippen molar-refractivity contribution in [2.24, 2.45) is 0 Å². The number of aliphatic hydroxyl groups excluding tert-OH is 2. The minimum absolute atomic E-state index is 0.0837. The number of hydrogen-bond donors (Lipinski definition) is 4. The van der Waals surface area contributed by atoms with E-state index in [4.69, 9.17) is 19.7 Å². The lowest BCUT2D eigenvalue weighted by atomic mass is 9.94. The predicted molar refractivity (Wildman–Crippen MR) is 83.6 cm³/mol. The minimum atomic E-state index is -1.22. The van der Waals surface area contributed by atoms with E-state index in [1.165, 1.54) is 12.1 Å². The first-order valence-electron chi connectivity index (χ1n) is 7.50. The molecule has 0 saturated carbocycles. The van der Waals surface area contributed by atoms with Gasteiger partial charge < -0.3 is 29.9 Å². The summed E-state index contributed by atoms with van der Waals surface area (Å²) in [6.45, 7) is 0.346. The van der Waals surface area contributed by atoms with Crippen molar-refractivity contribution in [1.29, 1.82) is 0 Å². The molecule has 0 spiro atoms. The second kappa shape index (κ2) is 10.7. The van der Waals surface area contributed by atoms with Crippen molar-refractivity contribution in [3.63, 3.8) is 0 Å². The minimum Gasteiger partial charge on any atom is -0.478 e. The van der Waals surface area contributed by atoms with Crippen LogP contribution in [0, 0.1) is 0 Å². The fourth-order valence-electron chi connectivity index (χ4n) is 2.22. The molecule has 0 aliphatic rings.